The summed E-state index contributed by atoms with van der Waals surface area (Å²) in [6, 6.07) is 0. The summed E-state index contributed by atoms with van der Waals surface area (Å²) in [5, 5.41) is 0. The molecule has 0 bridgehead atoms. The van der Waals surface area contributed by atoms with Crippen LogP contribution in [-0.4, -0.2) is 0 Å². The van der Waals surface area contributed by atoms with Crippen LogP contribution >= 0.6 is 0 Å². The van der Waals surface area contributed by atoms with Crippen molar-refractivity contribution in [3.63, 3.8) is 0 Å². The molecule has 0 amide bonds. The van der Waals surface area contributed by atoms with E-state index in [1.807, 2.05) is 0 Å². The van der Waals surface area contributed by atoms with Gasteiger partial charge in [-0.05, 0) is 49.4 Å². The molecule has 18 heavy (non-hydrogen) atoms. The van der Waals surface area contributed by atoms with E-state index in [1.165, 1.54) is 64.2 Å². The molecule has 0 aromatic carbocycles. The Morgan fingerprint density at radius 2 is 0.889 bits per heavy atom. The molecule has 2 saturated carbocycles. The van der Waals surface area contributed by atoms with Crippen LogP contribution in [0.2, 0.25) is 0 Å². The molecular formula is C18H34. The van der Waals surface area contributed by atoms with Crippen molar-refractivity contribution in [2.75, 3.05) is 0 Å². The predicted octanol–water partition coefficient (Wildman–Crippen LogP) is 6.49. The van der Waals surface area contributed by atoms with E-state index in [1.54, 1.807) is 25.7 Å². The summed E-state index contributed by atoms with van der Waals surface area (Å²) in [5.74, 6) is 0. The largest absolute Gasteiger partial charge is 0.0654 e. The molecule has 0 unspecified atom stereocenters. The highest BCUT2D eigenvalue weighted by atomic mass is 14.5. The van der Waals surface area contributed by atoms with Crippen LogP contribution in [0.15, 0.2) is 0 Å². The third-order valence-corrected chi connectivity index (χ3v) is 6.20. The van der Waals surface area contributed by atoms with E-state index in [4.69, 9.17) is 0 Å². The van der Waals surface area contributed by atoms with Gasteiger partial charge in [0.1, 0.15) is 0 Å². The maximum atomic E-state index is 2.42. The molecule has 0 N–H and O–H groups in total. The topological polar surface area (TPSA) is 0 Å². The summed E-state index contributed by atoms with van der Waals surface area (Å²) in [4.78, 5) is 0. The van der Waals surface area contributed by atoms with E-state index in [0.717, 1.165) is 10.8 Å². The minimum Gasteiger partial charge on any atom is -0.0654 e. The zero-order valence-corrected chi connectivity index (χ0v) is 12.9. The van der Waals surface area contributed by atoms with Gasteiger partial charge in [-0.1, -0.05) is 65.2 Å². The molecule has 0 nitrogen and oxygen atoms in total. The predicted molar refractivity (Wildman–Crippen MR) is 80.9 cm³/mol. The Bertz CT molecular complexity index is 191. The molecule has 106 valence electrons. The molecule has 2 rings (SSSR count). The molecular weight excluding hydrogens is 216 g/mol. The van der Waals surface area contributed by atoms with Crippen molar-refractivity contribution in [1.29, 1.82) is 0 Å². The SMILES string of the molecule is CCCC1(C2(CCC)CCCCC2)CCCCC1. The zero-order valence-electron chi connectivity index (χ0n) is 12.9. The van der Waals surface area contributed by atoms with Crippen molar-refractivity contribution < 1.29 is 0 Å². The molecule has 0 aromatic heterocycles. The molecule has 0 atom stereocenters. The molecule has 0 saturated heterocycles. The average Bonchev–Trinajstić information content (AvgIpc) is 2.41. The van der Waals surface area contributed by atoms with Crippen molar-refractivity contribution in [3.05, 3.63) is 0 Å². The van der Waals surface area contributed by atoms with Crippen LogP contribution in [-0.2, 0) is 0 Å². The van der Waals surface area contributed by atoms with Crippen LogP contribution in [0.5, 0.6) is 0 Å². The summed E-state index contributed by atoms with van der Waals surface area (Å²) in [5.41, 5.74) is 1.49. The van der Waals surface area contributed by atoms with E-state index in [0.29, 0.717) is 0 Å². The Labute approximate surface area is 115 Å². The Morgan fingerprint density at radius 3 is 1.17 bits per heavy atom. The molecule has 0 radical (unpaired) electrons. The van der Waals surface area contributed by atoms with Gasteiger partial charge in [0.05, 0.1) is 0 Å². The van der Waals surface area contributed by atoms with Gasteiger partial charge in [0.15, 0.2) is 0 Å². The van der Waals surface area contributed by atoms with Crippen LogP contribution in [0, 0.1) is 10.8 Å². The fourth-order valence-corrected chi connectivity index (χ4v) is 5.51. The highest BCUT2D eigenvalue weighted by Gasteiger charge is 2.49. The van der Waals surface area contributed by atoms with Crippen LogP contribution in [0.4, 0.5) is 0 Å². The second kappa shape index (κ2) is 6.44. The maximum Gasteiger partial charge on any atom is -0.0241 e. The van der Waals surface area contributed by atoms with Gasteiger partial charge in [-0.2, -0.15) is 0 Å². The fraction of sp³-hybridized carbons (Fsp3) is 1.00. The summed E-state index contributed by atoms with van der Waals surface area (Å²) in [6.45, 7) is 4.83. The van der Waals surface area contributed by atoms with Gasteiger partial charge in [-0.15, -0.1) is 0 Å². The van der Waals surface area contributed by atoms with Crippen molar-refractivity contribution >= 4 is 0 Å². The fourth-order valence-electron chi connectivity index (χ4n) is 5.51. The lowest BCUT2D eigenvalue weighted by atomic mass is 9.49. The third-order valence-electron chi connectivity index (χ3n) is 6.20. The number of hydrogen-bond acceptors (Lipinski definition) is 0. The molecule has 0 aromatic rings. The summed E-state index contributed by atoms with van der Waals surface area (Å²) in [7, 11) is 0. The summed E-state index contributed by atoms with van der Waals surface area (Å²) < 4.78 is 0. The summed E-state index contributed by atoms with van der Waals surface area (Å²) in [6.07, 6.45) is 21.2. The monoisotopic (exact) mass is 250 g/mol. The lowest BCUT2D eigenvalue weighted by molar-refractivity contribution is -0.0492. The van der Waals surface area contributed by atoms with Crippen molar-refractivity contribution in [2.24, 2.45) is 10.8 Å². The van der Waals surface area contributed by atoms with Crippen molar-refractivity contribution in [1.82, 2.24) is 0 Å². The standard InChI is InChI=1S/C18H34/c1-3-11-17(13-7-5-8-14-17)18(12-4-2)15-9-6-10-16-18/h3-16H2,1-2H3. The minimum atomic E-state index is 0.746. The van der Waals surface area contributed by atoms with Gasteiger partial charge < -0.3 is 0 Å². The molecule has 0 heterocycles. The second-order valence-corrected chi connectivity index (χ2v) is 7.18. The first-order valence-corrected chi connectivity index (χ1v) is 8.79. The van der Waals surface area contributed by atoms with Gasteiger partial charge in [0.25, 0.3) is 0 Å². The van der Waals surface area contributed by atoms with E-state index >= 15 is 0 Å². The molecule has 0 aliphatic heterocycles. The molecule has 2 aliphatic carbocycles. The molecule has 2 fully saturated rings. The molecule has 2 aliphatic rings. The maximum absolute atomic E-state index is 2.42. The first-order chi connectivity index (χ1) is 8.79. The van der Waals surface area contributed by atoms with Crippen molar-refractivity contribution in [2.45, 2.75) is 104 Å². The van der Waals surface area contributed by atoms with E-state index in [9.17, 15) is 0 Å². The second-order valence-electron chi connectivity index (χ2n) is 7.18. The highest BCUT2D eigenvalue weighted by molar-refractivity contribution is 5.00. The summed E-state index contributed by atoms with van der Waals surface area (Å²) >= 11 is 0. The molecule has 0 heteroatoms. The number of rotatable bonds is 5. The quantitative estimate of drug-likeness (QED) is 0.523. The van der Waals surface area contributed by atoms with Crippen molar-refractivity contribution in [3.8, 4) is 0 Å². The van der Waals surface area contributed by atoms with E-state index < -0.39 is 0 Å². The lowest BCUT2D eigenvalue weighted by Gasteiger charge is -2.55. The average molecular weight is 250 g/mol. The Hall–Kier alpha value is 0. The number of hydrogen-bond donors (Lipinski definition) is 0. The zero-order chi connectivity index (χ0) is 12.9. The van der Waals surface area contributed by atoms with Crippen LogP contribution < -0.4 is 0 Å². The Kier molecular flexibility index (Phi) is 5.15. The van der Waals surface area contributed by atoms with Gasteiger partial charge in [-0.25, -0.2) is 0 Å². The van der Waals surface area contributed by atoms with E-state index in [-0.39, 0.29) is 0 Å². The first kappa shape index (κ1) is 14.4. The smallest absolute Gasteiger partial charge is 0.0241 e. The van der Waals surface area contributed by atoms with Gasteiger partial charge >= 0.3 is 0 Å². The van der Waals surface area contributed by atoms with Gasteiger partial charge in [-0.3, -0.25) is 0 Å². The third kappa shape index (κ3) is 2.63. The van der Waals surface area contributed by atoms with Crippen LogP contribution in [0.1, 0.15) is 104 Å². The lowest BCUT2D eigenvalue weighted by Crippen LogP contribution is -2.45. The molecule has 0 spiro atoms. The van der Waals surface area contributed by atoms with Crippen LogP contribution in [0.3, 0.4) is 0 Å². The van der Waals surface area contributed by atoms with Gasteiger partial charge in [0, 0.05) is 0 Å². The Balaban J connectivity index is 2.22. The van der Waals surface area contributed by atoms with Crippen LogP contribution in [0.25, 0.3) is 0 Å². The first-order valence-electron chi connectivity index (χ1n) is 8.79. The van der Waals surface area contributed by atoms with Gasteiger partial charge in [0.2, 0.25) is 0 Å². The van der Waals surface area contributed by atoms with E-state index in [2.05, 4.69) is 13.8 Å². The highest BCUT2D eigenvalue weighted by Crippen LogP contribution is 2.61. The normalized spacial score (nSPS) is 27.0. The Morgan fingerprint density at radius 1 is 0.556 bits per heavy atom. The minimum absolute atomic E-state index is 0.746.